The van der Waals surface area contributed by atoms with Crippen LogP contribution in [0.25, 0.3) is 0 Å². The highest BCUT2D eigenvalue weighted by Crippen LogP contribution is 2.60. The van der Waals surface area contributed by atoms with Crippen LogP contribution in [-0.4, -0.2) is 212 Å². The van der Waals surface area contributed by atoms with E-state index in [1.54, 1.807) is 0 Å². The molecule has 39 heteroatoms. The molecule has 1 aromatic heterocycles. The summed E-state index contributed by atoms with van der Waals surface area (Å²) in [5.74, 6) is -13.7. The van der Waals surface area contributed by atoms with Gasteiger partial charge in [-0.05, 0) is 47.0 Å². The number of aromatic nitrogens is 2. The lowest BCUT2D eigenvalue weighted by Gasteiger charge is -2.42. The predicted molar refractivity (Wildman–Crippen MR) is 259 cm³/mol. The van der Waals surface area contributed by atoms with E-state index < -0.39 is 222 Å². The molecule has 0 aliphatic carbocycles. The van der Waals surface area contributed by atoms with Gasteiger partial charge in [0.05, 0.1) is 19.3 Å². The second-order valence-corrected chi connectivity index (χ2v) is 21.6. The average Bonchev–Trinajstić information content (AvgIpc) is 3.63. The van der Waals surface area contributed by atoms with Gasteiger partial charge in [-0.15, -0.1) is 0 Å². The molecule has 4 amide bonds. The Bertz CT molecular complexity index is 2680. The highest BCUT2D eigenvalue weighted by molar-refractivity contribution is 7.61. The summed E-state index contributed by atoms with van der Waals surface area (Å²) in [6.07, 6.45) is -19.1. The van der Waals surface area contributed by atoms with Crippen LogP contribution in [0.2, 0.25) is 0 Å². The number of nitrogens with one attached hydrogen (secondary N) is 5. The number of phosphoric ester groups is 2. The zero-order chi connectivity index (χ0) is 61.1. The Morgan fingerprint density at radius 1 is 0.787 bits per heavy atom. The number of carboxylic acid groups (broad SMARTS) is 3. The average molecular weight is 1190 g/mol. The number of carboxylic acids is 3. The molecule has 6 unspecified atom stereocenters. The van der Waals surface area contributed by atoms with E-state index >= 15 is 0 Å². The van der Waals surface area contributed by atoms with Crippen molar-refractivity contribution in [3.05, 3.63) is 33.1 Å². The number of hydrogen-bond donors (Lipinski definition) is 17. The molecule has 2 aliphatic heterocycles. The van der Waals surface area contributed by atoms with Crippen molar-refractivity contribution in [2.75, 3.05) is 13.2 Å². The lowest BCUT2D eigenvalue weighted by molar-refractivity contribution is -0.260. The zero-order valence-corrected chi connectivity index (χ0v) is 44.8. The first kappa shape index (κ1) is 68.4. The number of carbonyl (C=O) groups is 9. The van der Waals surface area contributed by atoms with E-state index in [1.165, 1.54) is 0 Å². The number of H-pyrrole nitrogens is 1. The molecule has 0 saturated carbocycles. The van der Waals surface area contributed by atoms with Gasteiger partial charge in [-0.25, -0.2) is 13.9 Å². The number of rotatable bonds is 31. The fourth-order valence-corrected chi connectivity index (χ4v) is 9.89. The summed E-state index contributed by atoms with van der Waals surface area (Å²) in [5.41, 5.74) is 12.6. The number of aliphatic hydroxyl groups is 4. The van der Waals surface area contributed by atoms with E-state index in [9.17, 15) is 102 Å². The van der Waals surface area contributed by atoms with Gasteiger partial charge in [0.25, 0.3) is 11.5 Å². The fraction of sp³-hybridized carbons (Fsp3) is 0.683. The third-order valence-electron chi connectivity index (χ3n) is 12.3. The van der Waals surface area contributed by atoms with Gasteiger partial charge in [0, 0.05) is 31.5 Å². The Morgan fingerprint density at radius 2 is 1.35 bits per heavy atom. The number of phosphoric acid groups is 2. The van der Waals surface area contributed by atoms with Crippen molar-refractivity contribution >= 4 is 68.7 Å². The van der Waals surface area contributed by atoms with E-state index in [0.29, 0.717) is 4.57 Å². The Kier molecular flexibility index (Phi) is 24.6. The quantitative estimate of drug-likeness (QED) is 0.0243. The molecular weight excluding hydrogens is 1130 g/mol. The molecule has 2 aliphatic rings. The van der Waals surface area contributed by atoms with Crippen LogP contribution in [0.3, 0.4) is 0 Å². The van der Waals surface area contributed by atoms with Crippen LogP contribution in [0.1, 0.15) is 66.5 Å². The van der Waals surface area contributed by atoms with Crippen LogP contribution in [0.15, 0.2) is 21.9 Å². The second-order valence-electron chi connectivity index (χ2n) is 18.5. The van der Waals surface area contributed by atoms with E-state index in [1.807, 2.05) is 4.98 Å². The van der Waals surface area contributed by atoms with Crippen molar-refractivity contribution in [3.63, 3.8) is 0 Å². The topological polar surface area (TPSA) is 606 Å². The largest absolute Gasteiger partial charge is 0.481 e. The third kappa shape index (κ3) is 18.6. The number of ketones is 2. The summed E-state index contributed by atoms with van der Waals surface area (Å²) in [4.78, 5) is 162. The van der Waals surface area contributed by atoms with E-state index in [-0.39, 0.29) is 0 Å². The minimum atomic E-state index is -5.79. The molecule has 19 atom stereocenters. The molecule has 452 valence electrons. The first-order valence-corrected chi connectivity index (χ1v) is 26.7. The van der Waals surface area contributed by atoms with Crippen LogP contribution < -0.4 is 49.7 Å². The number of aromatic amines is 1. The zero-order valence-electron chi connectivity index (χ0n) is 43.0. The number of amides is 4. The van der Waals surface area contributed by atoms with Crippen LogP contribution in [0, 0.1) is 5.92 Å². The van der Waals surface area contributed by atoms with E-state index in [0.717, 1.165) is 46.9 Å². The summed E-state index contributed by atoms with van der Waals surface area (Å²) in [6.45, 7) is 2.29. The molecule has 80 heavy (non-hydrogen) atoms. The lowest BCUT2D eigenvalue weighted by atomic mass is 9.86. The van der Waals surface area contributed by atoms with Gasteiger partial charge >= 0.3 is 39.2 Å². The lowest BCUT2D eigenvalue weighted by Crippen LogP contribution is -2.68. The highest BCUT2D eigenvalue weighted by atomic mass is 31.3. The number of aliphatic carboxylic acids is 3. The molecule has 2 fully saturated rings. The van der Waals surface area contributed by atoms with Crippen molar-refractivity contribution in [1.29, 1.82) is 0 Å². The number of nitrogens with zero attached hydrogens (tertiary/aromatic N) is 1. The summed E-state index contributed by atoms with van der Waals surface area (Å²) in [6, 6.07) is -9.52. The minimum absolute atomic E-state index is 0.485. The second kappa shape index (κ2) is 28.7. The summed E-state index contributed by atoms with van der Waals surface area (Å²) in [7, 11) is -11.5. The number of carbonyl (C=O) groups excluding carboxylic acids is 6. The first-order chi connectivity index (χ1) is 36.8. The standard InChI is InChI=1S/C41H65N9O28P2/c1-14(32(58)46-15(2)35(60)61)45-33(59)20(8-6-18(25(43)37(64)65)21(52)9-7-19(42)36(62)63)47-39(67)41(5,49-17(4)51)31(57)16(3)75-30-26(44)38(66)77-23(28(30)55)13-74-80(71,72)78-79(69,70)73-12-22-27(54)29(56)34(76-22)50-11-10-24(53)48-40(50)68/h10-11,14-16,18-20,22-23,25-30,34,38,54-56,66H,6-9,12-13,42-44H2,1-5H3,(H,45,59)(H,46,58)(H,47,67)(H,49,51)(H,60,61)(H,62,63)(H,64,65)(H,69,70)(H,71,72)(H,48,53,68)/t14-,15-,16?,18?,19+,20+,22-,23-,25?,26-,27-,28-,29-,30-,34?,38+,41-/m1/s1. The molecule has 3 rings (SSSR count). The number of hydrogen-bond acceptors (Lipinski definition) is 26. The number of nitrogens with two attached hydrogens (primary N) is 3. The van der Waals surface area contributed by atoms with Crippen LogP contribution >= 0.6 is 15.6 Å². The molecule has 1 aromatic rings. The third-order valence-corrected chi connectivity index (χ3v) is 14.9. The summed E-state index contributed by atoms with van der Waals surface area (Å²) >= 11 is 0. The molecular formula is C41H65N9O28P2. The fourth-order valence-electron chi connectivity index (χ4n) is 7.80. The summed E-state index contributed by atoms with van der Waals surface area (Å²) in [5, 5.41) is 79.3. The molecule has 20 N–H and O–H groups in total. The molecule has 0 aromatic carbocycles. The Labute approximate surface area is 450 Å². The Hall–Kier alpha value is -5.83. The van der Waals surface area contributed by atoms with Gasteiger partial charge in [0.1, 0.15) is 78.7 Å². The van der Waals surface area contributed by atoms with Gasteiger partial charge in [0.2, 0.25) is 17.7 Å². The number of Topliss-reactive ketones (excluding diaryl/α,β-unsaturated/α-hetero) is 2. The summed E-state index contributed by atoms with van der Waals surface area (Å²) < 4.78 is 55.9. The molecule has 37 nitrogen and oxygen atoms in total. The van der Waals surface area contributed by atoms with Crippen molar-refractivity contribution < 1.29 is 125 Å². The van der Waals surface area contributed by atoms with Gasteiger partial charge in [-0.1, -0.05) is 0 Å². The maximum absolute atomic E-state index is 14.3. The van der Waals surface area contributed by atoms with Crippen LogP contribution in [-0.2, 0) is 79.8 Å². The molecule has 2 saturated heterocycles. The molecule has 0 bridgehead atoms. The number of ether oxygens (including phenoxy) is 3. The molecule has 0 spiro atoms. The monoisotopic (exact) mass is 1190 g/mol. The van der Waals surface area contributed by atoms with Crippen molar-refractivity contribution in [2.24, 2.45) is 23.1 Å². The minimum Gasteiger partial charge on any atom is -0.480 e. The van der Waals surface area contributed by atoms with Gasteiger partial charge in [0.15, 0.2) is 23.8 Å². The highest BCUT2D eigenvalue weighted by Gasteiger charge is 2.51. The normalized spacial score (nSPS) is 26.9. The Balaban J connectivity index is 1.82. The van der Waals surface area contributed by atoms with Gasteiger partial charge in [-0.3, -0.25) is 66.5 Å². The predicted octanol–water partition coefficient (Wildman–Crippen LogP) is -7.80. The number of aliphatic hydroxyl groups excluding tert-OH is 4. The van der Waals surface area contributed by atoms with Crippen molar-refractivity contribution in [2.45, 2.75) is 157 Å². The Morgan fingerprint density at radius 3 is 1.88 bits per heavy atom. The van der Waals surface area contributed by atoms with Gasteiger partial charge < -0.3 is 98.2 Å². The van der Waals surface area contributed by atoms with Gasteiger partial charge in [-0.2, -0.15) is 4.31 Å². The first-order valence-electron chi connectivity index (χ1n) is 23.7. The van der Waals surface area contributed by atoms with Crippen LogP contribution in [0.4, 0.5) is 0 Å². The van der Waals surface area contributed by atoms with E-state index in [2.05, 4.69) is 34.6 Å². The molecule has 0 radical (unpaired) electrons. The maximum atomic E-state index is 14.3. The molecule has 3 heterocycles. The van der Waals surface area contributed by atoms with Crippen molar-refractivity contribution in [1.82, 2.24) is 30.8 Å². The van der Waals surface area contributed by atoms with Crippen LogP contribution in [0.5, 0.6) is 0 Å². The van der Waals surface area contributed by atoms with Crippen molar-refractivity contribution in [3.8, 4) is 0 Å². The van der Waals surface area contributed by atoms with E-state index in [4.69, 9.17) is 36.5 Å². The maximum Gasteiger partial charge on any atom is 0.481 e. The smallest absolute Gasteiger partial charge is 0.480 e. The SMILES string of the molecule is CC(=O)N[C@@](C)(C(=O)N[C@@H](CCC(C(=O)CC[C@H](N)C(=O)O)C(N)C(=O)O)C(=O)N[C@H](C)C(=O)N[C@H](C)C(=O)O)C(=O)C(C)O[C@@H]1[C@@H](N)[C@@H](O)O[C@H](COP(=O)(O)OP(=O)(O)OC[C@H]2OC(n3ccc(=O)[nH]c3=O)[C@H](O)[C@@H]2O)[C@H]1O.